The molecule has 7 heteroatoms. The van der Waals surface area contributed by atoms with E-state index in [-0.39, 0.29) is 0 Å². The molecule has 1 aromatic heterocycles. The third-order valence-corrected chi connectivity index (χ3v) is 3.21. The second kappa shape index (κ2) is 5.67. The average molecular weight is 284 g/mol. The number of nitriles is 1. The van der Waals surface area contributed by atoms with Crippen LogP contribution in [0.5, 0.6) is 0 Å². The van der Waals surface area contributed by atoms with E-state index in [1.54, 1.807) is 12.1 Å². The molecule has 0 spiro atoms. The summed E-state index contributed by atoms with van der Waals surface area (Å²) < 4.78 is 37.0. The van der Waals surface area contributed by atoms with Crippen molar-refractivity contribution in [1.29, 1.82) is 5.26 Å². The molecule has 1 aliphatic heterocycles. The number of nitrogens with zero attached hydrogens (tertiary/aromatic N) is 4. The number of anilines is 1. The molecule has 0 amide bonds. The zero-order valence-corrected chi connectivity index (χ0v) is 11.1. The van der Waals surface area contributed by atoms with Crippen LogP contribution in [0.15, 0.2) is 12.1 Å². The summed E-state index contributed by atoms with van der Waals surface area (Å²) >= 11 is 0. The summed E-state index contributed by atoms with van der Waals surface area (Å²) in [6.45, 7) is 2.47. The summed E-state index contributed by atoms with van der Waals surface area (Å²) in [6, 6.07) is 5.52. The first-order valence-corrected chi connectivity index (χ1v) is 6.31. The Bertz CT molecular complexity index is 513. The summed E-state index contributed by atoms with van der Waals surface area (Å²) in [4.78, 5) is 7.58. The summed E-state index contributed by atoms with van der Waals surface area (Å²) in [6.07, 6.45) is -4.17. The number of halogens is 3. The predicted octanol–water partition coefficient (Wildman–Crippen LogP) is 1.95. The molecule has 2 heterocycles. The quantitative estimate of drug-likeness (QED) is 0.832. The highest BCUT2D eigenvalue weighted by atomic mass is 19.4. The van der Waals surface area contributed by atoms with Gasteiger partial charge in [0.15, 0.2) is 0 Å². The minimum absolute atomic E-state index is 0.319. The van der Waals surface area contributed by atoms with Crippen LogP contribution < -0.4 is 4.90 Å². The van der Waals surface area contributed by atoms with Crippen molar-refractivity contribution in [2.75, 3.05) is 37.6 Å². The van der Waals surface area contributed by atoms with Crippen LogP contribution in [0, 0.1) is 18.3 Å². The second-order valence-corrected chi connectivity index (χ2v) is 4.81. The van der Waals surface area contributed by atoms with Gasteiger partial charge in [-0.05, 0) is 19.1 Å². The number of aromatic nitrogens is 1. The Morgan fingerprint density at radius 3 is 2.45 bits per heavy atom. The number of hydrogen-bond acceptors (Lipinski definition) is 4. The number of alkyl halides is 3. The van der Waals surface area contributed by atoms with E-state index in [1.807, 2.05) is 11.8 Å². The summed E-state index contributed by atoms with van der Waals surface area (Å²) in [5.41, 5.74) is 1.25. The third-order valence-electron chi connectivity index (χ3n) is 3.21. The Balaban J connectivity index is 2.04. The molecule has 0 bridgehead atoms. The molecule has 0 saturated carbocycles. The zero-order chi connectivity index (χ0) is 14.8. The standard InChI is InChI=1S/C13H15F3N4/c1-10-2-3-11(8-17)12(18-10)20-6-4-19(5-7-20)9-13(14,15)16/h2-3H,4-7,9H2,1H3. The van der Waals surface area contributed by atoms with Crippen molar-refractivity contribution in [1.82, 2.24) is 9.88 Å². The molecule has 108 valence electrons. The van der Waals surface area contributed by atoms with Crippen molar-refractivity contribution in [2.45, 2.75) is 13.1 Å². The lowest BCUT2D eigenvalue weighted by atomic mass is 10.2. The number of hydrogen-bond donors (Lipinski definition) is 0. The number of aryl methyl sites for hydroxylation is 1. The highest BCUT2D eigenvalue weighted by Gasteiger charge is 2.32. The summed E-state index contributed by atoms with van der Waals surface area (Å²) in [5.74, 6) is 0.569. The maximum Gasteiger partial charge on any atom is 0.401 e. The zero-order valence-electron chi connectivity index (χ0n) is 11.1. The van der Waals surface area contributed by atoms with Crippen molar-refractivity contribution < 1.29 is 13.2 Å². The van der Waals surface area contributed by atoms with Crippen LogP contribution in [0.3, 0.4) is 0 Å². The molecule has 0 radical (unpaired) electrons. The van der Waals surface area contributed by atoms with Crippen LogP contribution in [0.1, 0.15) is 11.3 Å². The molecule has 1 aromatic rings. The molecule has 0 aromatic carbocycles. The van der Waals surface area contributed by atoms with E-state index in [9.17, 15) is 13.2 Å². The smallest absolute Gasteiger partial charge is 0.353 e. The SMILES string of the molecule is Cc1ccc(C#N)c(N2CCN(CC(F)(F)F)CC2)n1. The van der Waals surface area contributed by atoms with Gasteiger partial charge in [-0.15, -0.1) is 0 Å². The van der Waals surface area contributed by atoms with E-state index in [0.717, 1.165) is 5.69 Å². The van der Waals surface area contributed by atoms with Gasteiger partial charge < -0.3 is 4.90 Å². The van der Waals surface area contributed by atoms with E-state index in [4.69, 9.17) is 5.26 Å². The van der Waals surface area contributed by atoms with E-state index in [1.165, 1.54) is 4.90 Å². The molecule has 0 aliphatic carbocycles. The van der Waals surface area contributed by atoms with Gasteiger partial charge in [0.1, 0.15) is 11.9 Å². The van der Waals surface area contributed by atoms with Gasteiger partial charge in [-0.3, -0.25) is 4.90 Å². The molecule has 1 saturated heterocycles. The third kappa shape index (κ3) is 3.61. The van der Waals surface area contributed by atoms with Gasteiger partial charge in [0.25, 0.3) is 0 Å². The van der Waals surface area contributed by atoms with Crippen LogP contribution in [-0.4, -0.2) is 48.8 Å². The maximum absolute atomic E-state index is 12.3. The summed E-state index contributed by atoms with van der Waals surface area (Å²) in [7, 11) is 0. The predicted molar refractivity (Wildman–Crippen MR) is 68.4 cm³/mol. The maximum atomic E-state index is 12.3. The Labute approximate surface area is 115 Å². The van der Waals surface area contributed by atoms with Gasteiger partial charge in [0.05, 0.1) is 12.1 Å². The van der Waals surface area contributed by atoms with E-state index >= 15 is 0 Å². The molecule has 1 aliphatic rings. The lowest BCUT2D eigenvalue weighted by Gasteiger charge is -2.36. The molecule has 4 nitrogen and oxygen atoms in total. The fourth-order valence-electron chi connectivity index (χ4n) is 2.24. The highest BCUT2D eigenvalue weighted by molar-refractivity contribution is 5.54. The molecule has 1 fully saturated rings. The fraction of sp³-hybridized carbons (Fsp3) is 0.538. The van der Waals surface area contributed by atoms with Crippen LogP contribution >= 0.6 is 0 Å². The second-order valence-electron chi connectivity index (χ2n) is 4.81. The number of pyridine rings is 1. The van der Waals surface area contributed by atoms with Crippen molar-refractivity contribution in [3.05, 3.63) is 23.4 Å². The molecular formula is C13H15F3N4. The minimum Gasteiger partial charge on any atom is -0.353 e. The Kier molecular flexibility index (Phi) is 4.14. The first-order valence-electron chi connectivity index (χ1n) is 6.31. The first kappa shape index (κ1) is 14.6. The van der Waals surface area contributed by atoms with Gasteiger partial charge >= 0.3 is 6.18 Å². The molecule has 20 heavy (non-hydrogen) atoms. The van der Waals surface area contributed by atoms with Gasteiger partial charge in [0, 0.05) is 31.9 Å². The Morgan fingerprint density at radius 2 is 1.90 bits per heavy atom. The normalized spacial score (nSPS) is 17.1. The fourth-order valence-corrected chi connectivity index (χ4v) is 2.24. The van der Waals surface area contributed by atoms with Crippen molar-refractivity contribution >= 4 is 5.82 Å². The van der Waals surface area contributed by atoms with Gasteiger partial charge in [-0.25, -0.2) is 4.98 Å². The van der Waals surface area contributed by atoms with E-state index in [0.29, 0.717) is 37.6 Å². The monoisotopic (exact) mass is 284 g/mol. The molecule has 2 rings (SSSR count). The highest BCUT2D eigenvalue weighted by Crippen LogP contribution is 2.21. The van der Waals surface area contributed by atoms with Crippen molar-refractivity contribution in [3.8, 4) is 6.07 Å². The van der Waals surface area contributed by atoms with E-state index < -0.39 is 12.7 Å². The topological polar surface area (TPSA) is 43.2 Å². The first-order chi connectivity index (χ1) is 9.39. The van der Waals surface area contributed by atoms with Crippen molar-refractivity contribution in [3.63, 3.8) is 0 Å². The number of rotatable bonds is 2. The van der Waals surface area contributed by atoms with Gasteiger partial charge in [-0.2, -0.15) is 18.4 Å². The van der Waals surface area contributed by atoms with Gasteiger partial charge in [0.2, 0.25) is 0 Å². The largest absolute Gasteiger partial charge is 0.401 e. The number of piperazine rings is 1. The Morgan fingerprint density at radius 1 is 1.25 bits per heavy atom. The lowest BCUT2D eigenvalue weighted by Crippen LogP contribution is -2.49. The van der Waals surface area contributed by atoms with Gasteiger partial charge in [-0.1, -0.05) is 0 Å². The van der Waals surface area contributed by atoms with Crippen LogP contribution in [0.4, 0.5) is 19.0 Å². The molecule has 0 unspecified atom stereocenters. The molecule has 0 atom stereocenters. The van der Waals surface area contributed by atoms with Crippen LogP contribution in [0.25, 0.3) is 0 Å². The molecular weight excluding hydrogens is 269 g/mol. The average Bonchev–Trinajstić information content (AvgIpc) is 2.38. The lowest BCUT2D eigenvalue weighted by molar-refractivity contribution is -0.146. The van der Waals surface area contributed by atoms with E-state index in [2.05, 4.69) is 11.1 Å². The van der Waals surface area contributed by atoms with Crippen LogP contribution in [0.2, 0.25) is 0 Å². The Hall–Kier alpha value is -1.81. The summed E-state index contributed by atoms with van der Waals surface area (Å²) in [5, 5.41) is 9.07. The minimum atomic E-state index is -4.17. The molecule has 0 N–H and O–H groups in total. The van der Waals surface area contributed by atoms with Crippen molar-refractivity contribution in [2.24, 2.45) is 0 Å². The van der Waals surface area contributed by atoms with Crippen LogP contribution in [-0.2, 0) is 0 Å².